The Balaban J connectivity index is 4.06. The van der Waals surface area contributed by atoms with Crippen molar-refractivity contribution in [2.24, 2.45) is 0 Å². The van der Waals surface area contributed by atoms with Crippen LogP contribution in [-0.2, 0) is 0 Å². The summed E-state index contributed by atoms with van der Waals surface area (Å²) in [5, 5.41) is 0. The minimum absolute atomic E-state index is 0.159. The van der Waals surface area contributed by atoms with E-state index in [0.29, 0.717) is 0 Å². The lowest BCUT2D eigenvalue weighted by atomic mass is 10.1. The summed E-state index contributed by atoms with van der Waals surface area (Å²) in [5.74, 6) is 2.70. The van der Waals surface area contributed by atoms with Crippen LogP contribution in [0.25, 0.3) is 0 Å². The molecule has 0 radical (unpaired) electrons. The van der Waals surface area contributed by atoms with Gasteiger partial charge in [0.1, 0.15) is 0 Å². The van der Waals surface area contributed by atoms with Crippen molar-refractivity contribution in [2.75, 3.05) is 13.6 Å². The van der Waals surface area contributed by atoms with Crippen LogP contribution in [0.5, 0.6) is 0 Å². The quantitative estimate of drug-likeness (QED) is 0.421. The molecule has 0 spiro atoms. The highest BCUT2D eigenvalue weighted by Gasteiger charge is 2.18. The van der Waals surface area contributed by atoms with Gasteiger partial charge in [-0.15, -0.1) is 13.0 Å². The molecule has 1 nitrogen and oxygen atoms in total. The summed E-state index contributed by atoms with van der Waals surface area (Å²) in [6.07, 6.45) is 7.16. The van der Waals surface area contributed by atoms with E-state index < -0.39 is 0 Å². The van der Waals surface area contributed by atoms with Gasteiger partial charge in [0, 0.05) is 6.54 Å². The van der Waals surface area contributed by atoms with Gasteiger partial charge in [-0.3, -0.25) is 4.90 Å². The monoisotopic (exact) mass is 137 g/mol. The molecule has 56 valence electrons. The van der Waals surface area contributed by atoms with Gasteiger partial charge < -0.3 is 0 Å². The molecule has 0 saturated carbocycles. The lowest BCUT2D eigenvalue weighted by molar-refractivity contribution is 0.237. The van der Waals surface area contributed by atoms with E-state index in [2.05, 4.69) is 17.4 Å². The molecule has 0 heterocycles. The van der Waals surface area contributed by atoms with Gasteiger partial charge in [0.2, 0.25) is 0 Å². The zero-order valence-electron chi connectivity index (χ0n) is 7.02. The minimum Gasteiger partial charge on any atom is -0.287 e. The maximum absolute atomic E-state index is 5.31. The molecule has 0 N–H and O–H groups in total. The van der Waals surface area contributed by atoms with Crippen molar-refractivity contribution in [2.45, 2.75) is 19.4 Å². The summed E-state index contributed by atoms with van der Waals surface area (Å²) in [4.78, 5) is 2.07. The normalized spacial score (nSPS) is 11.1. The third-order valence-corrected chi connectivity index (χ3v) is 1.71. The molecule has 0 fully saturated rings. The maximum atomic E-state index is 5.31. The van der Waals surface area contributed by atoms with Crippen LogP contribution in [-0.4, -0.2) is 24.0 Å². The molecule has 0 amide bonds. The van der Waals surface area contributed by atoms with E-state index in [1.54, 1.807) is 0 Å². The van der Waals surface area contributed by atoms with Crippen molar-refractivity contribution in [3.8, 4) is 12.3 Å². The molecular weight excluding hydrogens is 122 g/mol. The van der Waals surface area contributed by atoms with Crippen LogP contribution in [0.3, 0.4) is 0 Å². The lowest BCUT2D eigenvalue weighted by Gasteiger charge is -2.29. The van der Waals surface area contributed by atoms with Crippen LogP contribution < -0.4 is 0 Å². The van der Waals surface area contributed by atoms with Gasteiger partial charge in [0.05, 0.1) is 5.54 Å². The van der Waals surface area contributed by atoms with Crippen molar-refractivity contribution in [1.29, 1.82) is 0 Å². The maximum Gasteiger partial charge on any atom is 0.0766 e. The fourth-order valence-corrected chi connectivity index (χ4v) is 0.532. The number of rotatable bonds is 3. The Bertz CT molecular complexity index is 151. The fourth-order valence-electron chi connectivity index (χ4n) is 0.532. The molecule has 0 atom stereocenters. The Morgan fingerprint density at radius 3 is 2.50 bits per heavy atom. The predicted octanol–water partition coefficient (Wildman–Crippen LogP) is 1.52. The molecule has 0 aromatic carbocycles. The number of hydrogen-bond acceptors (Lipinski definition) is 1. The van der Waals surface area contributed by atoms with Crippen molar-refractivity contribution >= 4 is 0 Å². The first-order valence-electron chi connectivity index (χ1n) is 3.34. The number of likely N-dealkylation sites (N-methyl/N-ethyl adjacent to an activating group) is 1. The molecule has 0 aromatic heterocycles. The van der Waals surface area contributed by atoms with Crippen LogP contribution in [0.15, 0.2) is 12.7 Å². The largest absolute Gasteiger partial charge is 0.287 e. The number of terminal acetylenes is 1. The Morgan fingerprint density at radius 2 is 2.20 bits per heavy atom. The average molecular weight is 137 g/mol. The van der Waals surface area contributed by atoms with E-state index in [-0.39, 0.29) is 5.54 Å². The molecular formula is C9H15N. The molecule has 0 bridgehead atoms. The van der Waals surface area contributed by atoms with Gasteiger partial charge in [-0.25, -0.2) is 0 Å². The summed E-state index contributed by atoms with van der Waals surface area (Å²) in [6, 6.07) is 0. The zero-order chi connectivity index (χ0) is 8.20. The molecule has 0 saturated heterocycles. The SMILES string of the molecule is C#CC(C)(C)N(C)CC=C. The molecule has 0 aliphatic carbocycles. The summed E-state index contributed by atoms with van der Waals surface area (Å²) in [5.41, 5.74) is -0.159. The first kappa shape index (κ1) is 9.26. The van der Waals surface area contributed by atoms with E-state index in [4.69, 9.17) is 6.42 Å². The Labute approximate surface area is 63.7 Å². The molecule has 10 heavy (non-hydrogen) atoms. The van der Waals surface area contributed by atoms with Crippen molar-refractivity contribution in [1.82, 2.24) is 4.90 Å². The third-order valence-electron chi connectivity index (χ3n) is 1.71. The fraction of sp³-hybridized carbons (Fsp3) is 0.556. The van der Waals surface area contributed by atoms with Crippen LogP contribution >= 0.6 is 0 Å². The van der Waals surface area contributed by atoms with Gasteiger partial charge in [0.25, 0.3) is 0 Å². The second kappa shape index (κ2) is 3.43. The summed E-state index contributed by atoms with van der Waals surface area (Å²) in [6.45, 7) is 8.49. The van der Waals surface area contributed by atoms with E-state index in [1.165, 1.54) is 0 Å². The summed E-state index contributed by atoms with van der Waals surface area (Å²) < 4.78 is 0. The third kappa shape index (κ3) is 2.24. The van der Waals surface area contributed by atoms with Crippen LogP contribution in [0.4, 0.5) is 0 Å². The van der Waals surface area contributed by atoms with Crippen molar-refractivity contribution < 1.29 is 0 Å². The van der Waals surface area contributed by atoms with Gasteiger partial charge in [-0.05, 0) is 20.9 Å². The van der Waals surface area contributed by atoms with Crippen LogP contribution in [0.2, 0.25) is 0 Å². The van der Waals surface area contributed by atoms with Gasteiger partial charge >= 0.3 is 0 Å². The topological polar surface area (TPSA) is 3.24 Å². The predicted molar refractivity (Wildman–Crippen MR) is 45.7 cm³/mol. The first-order valence-corrected chi connectivity index (χ1v) is 3.34. The molecule has 0 unspecified atom stereocenters. The van der Waals surface area contributed by atoms with E-state index >= 15 is 0 Å². The number of hydrogen-bond donors (Lipinski definition) is 0. The first-order chi connectivity index (χ1) is 4.54. The van der Waals surface area contributed by atoms with Crippen LogP contribution in [0, 0.1) is 12.3 Å². The summed E-state index contributed by atoms with van der Waals surface area (Å²) in [7, 11) is 1.99. The molecule has 0 aliphatic heterocycles. The molecule has 1 heteroatoms. The highest BCUT2D eigenvalue weighted by Crippen LogP contribution is 2.08. The smallest absolute Gasteiger partial charge is 0.0766 e. The molecule has 0 rings (SSSR count). The van der Waals surface area contributed by atoms with Gasteiger partial charge in [-0.1, -0.05) is 12.0 Å². The minimum atomic E-state index is -0.159. The highest BCUT2D eigenvalue weighted by atomic mass is 15.1. The summed E-state index contributed by atoms with van der Waals surface area (Å²) >= 11 is 0. The second-order valence-electron chi connectivity index (χ2n) is 2.87. The second-order valence-corrected chi connectivity index (χ2v) is 2.87. The highest BCUT2D eigenvalue weighted by molar-refractivity contribution is 5.08. The Kier molecular flexibility index (Phi) is 3.18. The Morgan fingerprint density at radius 1 is 1.70 bits per heavy atom. The van der Waals surface area contributed by atoms with Crippen LogP contribution in [0.1, 0.15) is 13.8 Å². The van der Waals surface area contributed by atoms with E-state index in [9.17, 15) is 0 Å². The lowest BCUT2D eigenvalue weighted by Crippen LogP contribution is -2.39. The Hall–Kier alpha value is -0.740. The van der Waals surface area contributed by atoms with Crippen molar-refractivity contribution in [3.05, 3.63) is 12.7 Å². The van der Waals surface area contributed by atoms with E-state index in [0.717, 1.165) is 6.54 Å². The van der Waals surface area contributed by atoms with Gasteiger partial charge in [-0.2, -0.15) is 0 Å². The zero-order valence-corrected chi connectivity index (χ0v) is 7.02. The average Bonchev–Trinajstić information content (AvgIpc) is 1.89. The number of nitrogens with zero attached hydrogens (tertiary/aromatic N) is 1. The molecule has 0 aliphatic rings. The van der Waals surface area contributed by atoms with E-state index in [1.807, 2.05) is 27.0 Å². The standard InChI is InChI=1S/C9H15N/c1-6-8-10(5)9(3,4)7-2/h2,6H,1,8H2,3-5H3. The van der Waals surface area contributed by atoms with Gasteiger partial charge in [0.15, 0.2) is 0 Å². The van der Waals surface area contributed by atoms with Crippen molar-refractivity contribution in [3.63, 3.8) is 0 Å². The molecule has 0 aromatic rings.